The summed E-state index contributed by atoms with van der Waals surface area (Å²) in [6.07, 6.45) is 0.180. The van der Waals surface area contributed by atoms with Crippen molar-refractivity contribution in [3.63, 3.8) is 0 Å². The Morgan fingerprint density at radius 1 is 1.35 bits per heavy atom. The molecule has 0 saturated heterocycles. The van der Waals surface area contributed by atoms with Gasteiger partial charge in [0.25, 0.3) is 5.56 Å². The third-order valence-electron chi connectivity index (χ3n) is 3.34. The van der Waals surface area contributed by atoms with E-state index < -0.39 is 11.4 Å². The molecular weight excluding hydrogens is 258 g/mol. The van der Waals surface area contributed by atoms with Crippen LogP contribution in [0, 0.1) is 5.41 Å². The van der Waals surface area contributed by atoms with Crippen LogP contribution in [0.5, 0.6) is 5.75 Å². The molecule has 2 aromatic rings. The van der Waals surface area contributed by atoms with E-state index in [1.54, 1.807) is 39.2 Å². The average Bonchev–Trinajstić information content (AvgIpc) is 2.38. The summed E-state index contributed by atoms with van der Waals surface area (Å²) in [5, 5.41) is 9.99. The number of aliphatic carboxylic acids is 1. The van der Waals surface area contributed by atoms with Crippen LogP contribution in [0.2, 0.25) is 0 Å². The zero-order valence-electron chi connectivity index (χ0n) is 11.7. The SMILES string of the molecule is COc1ccc2cc(CC(C)(C)C(=O)O)c(=O)[nH]c2c1. The zero-order valence-corrected chi connectivity index (χ0v) is 11.7. The van der Waals surface area contributed by atoms with Gasteiger partial charge in [0.2, 0.25) is 0 Å². The van der Waals surface area contributed by atoms with Gasteiger partial charge in [0.15, 0.2) is 0 Å². The van der Waals surface area contributed by atoms with Gasteiger partial charge in [-0.2, -0.15) is 0 Å². The van der Waals surface area contributed by atoms with Crippen LogP contribution < -0.4 is 10.3 Å². The fourth-order valence-electron chi connectivity index (χ4n) is 2.04. The minimum Gasteiger partial charge on any atom is -0.497 e. The topological polar surface area (TPSA) is 79.4 Å². The van der Waals surface area contributed by atoms with E-state index in [4.69, 9.17) is 9.84 Å². The minimum absolute atomic E-state index is 0.180. The van der Waals surface area contributed by atoms with Crippen molar-refractivity contribution in [3.05, 3.63) is 40.2 Å². The number of benzene rings is 1. The molecule has 5 nitrogen and oxygen atoms in total. The zero-order chi connectivity index (χ0) is 14.9. The van der Waals surface area contributed by atoms with Crippen molar-refractivity contribution >= 4 is 16.9 Å². The molecule has 0 radical (unpaired) electrons. The van der Waals surface area contributed by atoms with Crippen molar-refractivity contribution in [2.24, 2.45) is 5.41 Å². The Balaban J connectivity index is 2.49. The summed E-state index contributed by atoms with van der Waals surface area (Å²) in [6.45, 7) is 3.21. The van der Waals surface area contributed by atoms with E-state index in [1.165, 1.54) is 0 Å². The number of carbonyl (C=O) groups is 1. The number of pyridine rings is 1. The maximum atomic E-state index is 12.0. The van der Waals surface area contributed by atoms with E-state index in [2.05, 4.69) is 4.98 Å². The molecule has 0 aliphatic rings. The van der Waals surface area contributed by atoms with Crippen molar-refractivity contribution < 1.29 is 14.6 Å². The van der Waals surface area contributed by atoms with Crippen LogP contribution in [0.4, 0.5) is 0 Å². The highest BCUT2D eigenvalue weighted by Gasteiger charge is 2.28. The first-order valence-corrected chi connectivity index (χ1v) is 6.27. The van der Waals surface area contributed by atoms with Crippen LogP contribution in [0.3, 0.4) is 0 Å². The predicted octanol–water partition coefficient (Wildman–Crippen LogP) is 2.19. The maximum Gasteiger partial charge on any atom is 0.309 e. The largest absolute Gasteiger partial charge is 0.497 e. The molecule has 2 rings (SSSR count). The molecule has 0 bridgehead atoms. The Morgan fingerprint density at radius 3 is 2.65 bits per heavy atom. The van der Waals surface area contributed by atoms with Crippen LogP contribution in [-0.2, 0) is 11.2 Å². The molecule has 0 unspecified atom stereocenters. The lowest BCUT2D eigenvalue weighted by atomic mass is 9.86. The number of methoxy groups -OCH3 is 1. The standard InChI is InChI=1S/C15H17NO4/c1-15(2,14(18)19)8-10-6-9-4-5-11(20-3)7-12(9)16-13(10)17/h4-7H,8H2,1-3H3,(H,16,17)(H,18,19). The van der Waals surface area contributed by atoms with Crippen molar-refractivity contribution in [2.45, 2.75) is 20.3 Å². The Morgan fingerprint density at radius 2 is 2.05 bits per heavy atom. The van der Waals surface area contributed by atoms with E-state index >= 15 is 0 Å². The second-order valence-corrected chi connectivity index (χ2v) is 5.44. The van der Waals surface area contributed by atoms with Crippen LogP contribution >= 0.6 is 0 Å². The van der Waals surface area contributed by atoms with Gasteiger partial charge >= 0.3 is 5.97 Å². The molecule has 0 aliphatic heterocycles. The summed E-state index contributed by atoms with van der Waals surface area (Å²) in [4.78, 5) is 26.0. The Kier molecular flexibility index (Phi) is 3.53. The summed E-state index contributed by atoms with van der Waals surface area (Å²) in [5.74, 6) is -0.265. The molecule has 0 aliphatic carbocycles. The molecule has 1 aromatic heterocycles. The van der Waals surface area contributed by atoms with E-state index in [9.17, 15) is 9.59 Å². The fourth-order valence-corrected chi connectivity index (χ4v) is 2.04. The Hall–Kier alpha value is -2.30. The van der Waals surface area contributed by atoms with E-state index in [0.717, 1.165) is 5.39 Å². The third-order valence-corrected chi connectivity index (χ3v) is 3.34. The van der Waals surface area contributed by atoms with Gasteiger partial charge < -0.3 is 14.8 Å². The van der Waals surface area contributed by atoms with E-state index in [0.29, 0.717) is 16.8 Å². The Labute approximate surface area is 116 Å². The first-order valence-electron chi connectivity index (χ1n) is 6.27. The smallest absolute Gasteiger partial charge is 0.309 e. The van der Waals surface area contributed by atoms with Crippen LogP contribution in [0.25, 0.3) is 10.9 Å². The van der Waals surface area contributed by atoms with Crippen LogP contribution in [-0.4, -0.2) is 23.2 Å². The van der Waals surface area contributed by atoms with Gasteiger partial charge in [-0.15, -0.1) is 0 Å². The van der Waals surface area contributed by atoms with Crippen LogP contribution in [0.1, 0.15) is 19.4 Å². The number of hydrogen-bond donors (Lipinski definition) is 2. The van der Waals surface area contributed by atoms with Gasteiger partial charge in [-0.25, -0.2) is 0 Å². The lowest BCUT2D eigenvalue weighted by Crippen LogP contribution is -2.29. The lowest BCUT2D eigenvalue weighted by molar-refractivity contribution is -0.146. The number of nitrogens with one attached hydrogen (secondary N) is 1. The number of rotatable bonds is 4. The first kappa shape index (κ1) is 14.1. The monoisotopic (exact) mass is 275 g/mol. The number of aromatic nitrogens is 1. The summed E-state index contributed by atoms with van der Waals surface area (Å²) < 4.78 is 5.10. The second-order valence-electron chi connectivity index (χ2n) is 5.44. The highest BCUT2D eigenvalue weighted by molar-refractivity contribution is 5.81. The number of aromatic amines is 1. The average molecular weight is 275 g/mol. The molecule has 0 fully saturated rings. The van der Waals surface area contributed by atoms with Gasteiger partial charge in [-0.3, -0.25) is 9.59 Å². The number of carboxylic acid groups (broad SMARTS) is 1. The van der Waals surface area contributed by atoms with Gasteiger partial charge in [-0.05, 0) is 43.9 Å². The second kappa shape index (κ2) is 5.00. The van der Waals surface area contributed by atoms with E-state index in [1.807, 2.05) is 6.07 Å². The third kappa shape index (κ3) is 2.66. The first-order chi connectivity index (χ1) is 9.33. The number of carboxylic acids is 1. The molecule has 0 atom stereocenters. The van der Waals surface area contributed by atoms with Gasteiger partial charge in [-0.1, -0.05) is 0 Å². The maximum absolute atomic E-state index is 12.0. The number of ether oxygens (including phenoxy) is 1. The normalized spacial score (nSPS) is 11.6. The molecule has 5 heteroatoms. The Bertz CT molecular complexity index is 715. The van der Waals surface area contributed by atoms with Crippen LogP contribution in [0.15, 0.2) is 29.1 Å². The van der Waals surface area contributed by atoms with Crippen molar-refractivity contribution in [2.75, 3.05) is 7.11 Å². The van der Waals surface area contributed by atoms with Gasteiger partial charge in [0.05, 0.1) is 18.0 Å². The summed E-state index contributed by atoms with van der Waals surface area (Å²) >= 11 is 0. The predicted molar refractivity (Wildman–Crippen MR) is 76.2 cm³/mol. The molecule has 20 heavy (non-hydrogen) atoms. The quantitative estimate of drug-likeness (QED) is 0.896. The van der Waals surface area contributed by atoms with E-state index in [-0.39, 0.29) is 12.0 Å². The molecule has 2 N–H and O–H groups in total. The van der Waals surface area contributed by atoms with Crippen molar-refractivity contribution in [1.29, 1.82) is 0 Å². The number of fused-ring (bicyclic) bond motifs is 1. The highest BCUT2D eigenvalue weighted by Crippen LogP contribution is 2.23. The lowest BCUT2D eigenvalue weighted by Gasteiger charge is -2.18. The van der Waals surface area contributed by atoms with Crippen molar-refractivity contribution in [1.82, 2.24) is 4.98 Å². The molecule has 0 spiro atoms. The van der Waals surface area contributed by atoms with Gasteiger partial charge in [0.1, 0.15) is 5.75 Å². The molecule has 1 aromatic carbocycles. The highest BCUT2D eigenvalue weighted by atomic mass is 16.5. The minimum atomic E-state index is -0.979. The molecule has 0 saturated carbocycles. The van der Waals surface area contributed by atoms with Crippen molar-refractivity contribution in [3.8, 4) is 5.75 Å². The molecule has 1 heterocycles. The fraction of sp³-hybridized carbons (Fsp3) is 0.333. The molecule has 106 valence electrons. The molecular formula is C15H17NO4. The summed E-state index contributed by atoms with van der Waals surface area (Å²) in [5.41, 5.74) is -0.103. The van der Waals surface area contributed by atoms with Gasteiger partial charge in [0, 0.05) is 11.6 Å². The summed E-state index contributed by atoms with van der Waals surface area (Å²) in [7, 11) is 1.56. The number of hydrogen-bond acceptors (Lipinski definition) is 3. The number of H-pyrrole nitrogens is 1. The molecule has 0 amide bonds. The summed E-state index contributed by atoms with van der Waals surface area (Å²) in [6, 6.07) is 7.11.